The number of carbonyl (C=O) groups excluding carboxylic acids is 1. The molecule has 0 saturated carbocycles. The molecule has 7 heteroatoms. The van der Waals surface area contributed by atoms with Gasteiger partial charge in [0, 0.05) is 9.65 Å². The molecule has 0 aliphatic heterocycles. The summed E-state index contributed by atoms with van der Waals surface area (Å²) < 4.78 is 5.03. The minimum absolute atomic E-state index is 0.0237. The molecule has 0 radical (unpaired) electrons. The quantitative estimate of drug-likeness (QED) is 0.460. The van der Waals surface area contributed by atoms with E-state index in [0.29, 0.717) is 4.91 Å². The van der Waals surface area contributed by atoms with Crippen LogP contribution in [0, 0.1) is 17.2 Å². The first-order valence-electron chi connectivity index (χ1n) is 6.70. The number of hydrogen-bond donors (Lipinski definition) is 2. The van der Waals surface area contributed by atoms with E-state index in [9.17, 15) is 10.1 Å². The van der Waals surface area contributed by atoms with Crippen molar-refractivity contribution in [3.63, 3.8) is 0 Å². The first kappa shape index (κ1) is 20.7. The molecule has 0 aromatic rings. The zero-order valence-corrected chi connectivity index (χ0v) is 15.4. The molecular formula is C15H24ClN3O2S. The van der Waals surface area contributed by atoms with Gasteiger partial charge < -0.3 is 16.2 Å². The Kier molecular flexibility index (Phi) is 7.33. The van der Waals surface area contributed by atoms with Crippen molar-refractivity contribution in [2.24, 2.45) is 17.4 Å². The topological polar surface area (TPSA) is 102 Å². The van der Waals surface area contributed by atoms with Crippen molar-refractivity contribution in [2.45, 2.75) is 51.9 Å². The van der Waals surface area contributed by atoms with Gasteiger partial charge in [-0.15, -0.1) is 11.8 Å². The molecule has 0 heterocycles. The number of nitrogens with two attached hydrogens (primary N) is 2. The van der Waals surface area contributed by atoms with E-state index in [-0.39, 0.29) is 15.6 Å². The molecule has 22 heavy (non-hydrogen) atoms. The Hall–Kier alpha value is -1.32. The summed E-state index contributed by atoms with van der Waals surface area (Å²) in [6.45, 7) is 11.1. The number of halogens is 1. The number of carbonyl (C=O) groups is 1. The molecule has 5 nitrogen and oxygen atoms in total. The van der Waals surface area contributed by atoms with Crippen LogP contribution < -0.4 is 11.5 Å². The zero-order chi connectivity index (χ0) is 17.7. The fourth-order valence-electron chi connectivity index (χ4n) is 1.38. The summed E-state index contributed by atoms with van der Waals surface area (Å²) in [6.07, 6.45) is 1.45. The molecule has 124 valence electrons. The summed E-state index contributed by atoms with van der Waals surface area (Å²) in [5.41, 5.74) is 10.9. The molecule has 0 aromatic heterocycles. The summed E-state index contributed by atoms with van der Waals surface area (Å²) in [7, 11) is 0. The number of esters is 1. The van der Waals surface area contributed by atoms with Gasteiger partial charge in [0.25, 0.3) is 0 Å². The second-order valence-electron chi connectivity index (χ2n) is 6.66. The third kappa shape index (κ3) is 8.20. The van der Waals surface area contributed by atoms with Crippen molar-refractivity contribution in [3.05, 3.63) is 21.8 Å². The van der Waals surface area contributed by atoms with E-state index in [0.717, 1.165) is 0 Å². The molecule has 0 aliphatic rings. The van der Waals surface area contributed by atoms with E-state index in [2.05, 4.69) is 0 Å². The Balaban J connectivity index is 5.72. The second kappa shape index (κ2) is 7.80. The number of hydrogen-bond acceptors (Lipinski definition) is 6. The number of nitrogens with zero attached hydrogens (tertiary/aromatic N) is 1. The molecule has 0 aliphatic carbocycles. The predicted molar refractivity (Wildman–Crippen MR) is 91.6 cm³/mol. The monoisotopic (exact) mass is 345 g/mol. The van der Waals surface area contributed by atoms with Crippen LogP contribution in [-0.4, -0.2) is 16.3 Å². The average Bonchev–Trinajstić information content (AvgIpc) is 2.23. The molecule has 0 fully saturated rings. The Labute approximate surface area is 141 Å². The van der Waals surface area contributed by atoms with Crippen LogP contribution in [0.3, 0.4) is 0 Å². The molecule has 0 rings (SSSR count). The molecular weight excluding hydrogens is 322 g/mol. The van der Waals surface area contributed by atoms with Gasteiger partial charge in [-0.25, -0.2) is 0 Å². The van der Waals surface area contributed by atoms with Gasteiger partial charge in [0.15, 0.2) is 5.92 Å². The lowest BCUT2D eigenvalue weighted by atomic mass is 10.1. The maximum absolute atomic E-state index is 12.1. The van der Waals surface area contributed by atoms with E-state index in [1.54, 1.807) is 20.8 Å². The third-order valence-electron chi connectivity index (χ3n) is 2.05. The van der Waals surface area contributed by atoms with E-state index < -0.39 is 17.5 Å². The van der Waals surface area contributed by atoms with Crippen molar-refractivity contribution in [1.82, 2.24) is 0 Å². The van der Waals surface area contributed by atoms with Crippen LogP contribution in [0.2, 0.25) is 0 Å². The Bertz CT molecular complexity index is 518. The number of allylic oxidation sites excluding steroid dienone is 1. The van der Waals surface area contributed by atoms with Crippen molar-refractivity contribution >= 4 is 29.3 Å². The highest BCUT2D eigenvalue weighted by atomic mass is 35.5. The highest BCUT2D eigenvalue weighted by molar-refractivity contribution is 8.04. The van der Waals surface area contributed by atoms with Gasteiger partial charge >= 0.3 is 5.97 Å². The summed E-state index contributed by atoms with van der Waals surface area (Å²) in [5.74, 6) is -1.91. The maximum Gasteiger partial charge on any atom is 0.330 e. The van der Waals surface area contributed by atoms with Crippen LogP contribution in [0.4, 0.5) is 0 Å². The van der Waals surface area contributed by atoms with Crippen LogP contribution in [0.15, 0.2) is 21.8 Å². The molecule has 0 spiro atoms. The summed E-state index contributed by atoms with van der Waals surface area (Å²) in [5, 5.41) is 9.31. The molecule has 0 aromatic carbocycles. The van der Waals surface area contributed by atoms with Gasteiger partial charge in [-0.1, -0.05) is 32.4 Å². The Morgan fingerprint density at radius 2 is 1.77 bits per heavy atom. The second-order valence-corrected chi connectivity index (χ2v) is 8.96. The number of ether oxygens (including phenoxy) is 1. The van der Waals surface area contributed by atoms with Gasteiger partial charge in [-0.2, -0.15) is 5.26 Å². The molecule has 4 N–H and O–H groups in total. The van der Waals surface area contributed by atoms with Crippen molar-refractivity contribution in [3.8, 4) is 6.07 Å². The van der Waals surface area contributed by atoms with Gasteiger partial charge in [-0.05, 0) is 26.8 Å². The molecule has 1 unspecified atom stereocenters. The molecule has 1 atom stereocenters. The number of thioether (sulfide) groups is 1. The molecule has 0 saturated heterocycles. The van der Waals surface area contributed by atoms with Gasteiger partial charge in [-0.3, -0.25) is 4.79 Å². The van der Waals surface area contributed by atoms with Crippen molar-refractivity contribution in [1.29, 1.82) is 5.26 Å². The summed E-state index contributed by atoms with van der Waals surface area (Å²) >= 11 is 7.09. The van der Waals surface area contributed by atoms with Gasteiger partial charge in [0.1, 0.15) is 10.8 Å². The number of nitriles is 1. The highest BCUT2D eigenvalue weighted by Crippen LogP contribution is 2.35. The van der Waals surface area contributed by atoms with E-state index in [4.69, 9.17) is 27.8 Å². The molecule has 0 amide bonds. The minimum Gasteiger partial charge on any atom is -0.459 e. The minimum atomic E-state index is -1.21. The fourth-order valence-corrected chi connectivity index (χ4v) is 2.63. The molecule has 0 bridgehead atoms. The average molecular weight is 346 g/mol. The first-order valence-corrected chi connectivity index (χ1v) is 7.90. The summed E-state index contributed by atoms with van der Waals surface area (Å²) in [6, 6.07) is 1.88. The predicted octanol–water partition coefficient (Wildman–Crippen LogP) is 3.21. The first-order chi connectivity index (χ1) is 9.76. The lowest BCUT2D eigenvalue weighted by Gasteiger charge is -2.24. The Morgan fingerprint density at radius 3 is 2.09 bits per heavy atom. The lowest BCUT2D eigenvalue weighted by Crippen LogP contribution is -2.31. The van der Waals surface area contributed by atoms with Crippen LogP contribution >= 0.6 is 23.4 Å². The Morgan fingerprint density at radius 1 is 1.27 bits per heavy atom. The van der Waals surface area contributed by atoms with Crippen LogP contribution in [0.25, 0.3) is 0 Å². The van der Waals surface area contributed by atoms with Crippen molar-refractivity contribution < 1.29 is 9.53 Å². The van der Waals surface area contributed by atoms with E-state index in [1.165, 1.54) is 17.8 Å². The summed E-state index contributed by atoms with van der Waals surface area (Å²) in [4.78, 5) is 12.6. The normalized spacial score (nSPS) is 15.6. The SMILES string of the molecule is CC(C)(C)OC(=O)C(C#N)/C(N)=C(/C=C(\N)Cl)SC(C)(C)C. The van der Waals surface area contributed by atoms with E-state index in [1.807, 2.05) is 26.8 Å². The van der Waals surface area contributed by atoms with Crippen molar-refractivity contribution in [2.75, 3.05) is 0 Å². The largest absolute Gasteiger partial charge is 0.459 e. The van der Waals surface area contributed by atoms with Crippen LogP contribution in [0.5, 0.6) is 0 Å². The standard InChI is InChI=1S/C15H24ClN3O2S/c1-14(2,3)21-13(20)9(8-17)12(19)10(7-11(16)18)22-15(4,5)6/h7,9H,18-19H2,1-6H3/b11-7-,12-10+. The third-order valence-corrected chi connectivity index (χ3v) is 3.35. The highest BCUT2D eigenvalue weighted by Gasteiger charge is 2.29. The van der Waals surface area contributed by atoms with Crippen LogP contribution in [-0.2, 0) is 9.53 Å². The smallest absolute Gasteiger partial charge is 0.330 e. The van der Waals surface area contributed by atoms with E-state index >= 15 is 0 Å². The van der Waals surface area contributed by atoms with Gasteiger partial charge in [0.2, 0.25) is 0 Å². The number of rotatable bonds is 4. The fraction of sp³-hybridized carbons (Fsp3) is 0.600. The maximum atomic E-state index is 12.1. The van der Waals surface area contributed by atoms with Gasteiger partial charge in [0.05, 0.1) is 11.8 Å². The van der Waals surface area contributed by atoms with Crippen LogP contribution in [0.1, 0.15) is 41.5 Å². The lowest BCUT2D eigenvalue weighted by molar-refractivity contribution is -0.156. The zero-order valence-electron chi connectivity index (χ0n) is 13.9.